The van der Waals surface area contributed by atoms with E-state index in [1.165, 1.54) is 11.3 Å². The minimum atomic E-state index is -3.28. The lowest BCUT2D eigenvalue weighted by Gasteiger charge is -2.06. The van der Waals surface area contributed by atoms with E-state index in [0.717, 1.165) is 14.8 Å². The van der Waals surface area contributed by atoms with Gasteiger partial charge in [-0.05, 0) is 24.1 Å². The first-order chi connectivity index (χ1) is 9.05. The Bertz CT molecular complexity index is 623. The lowest BCUT2D eigenvalue weighted by atomic mass is 10.2. The predicted octanol–water partition coefficient (Wildman–Crippen LogP) is 3.06. The van der Waals surface area contributed by atoms with Gasteiger partial charge in [-0.15, -0.1) is 11.3 Å². The van der Waals surface area contributed by atoms with Crippen molar-refractivity contribution in [3.05, 3.63) is 57.2 Å². The van der Waals surface area contributed by atoms with E-state index in [-0.39, 0.29) is 5.75 Å². The van der Waals surface area contributed by atoms with Crippen LogP contribution in [0.5, 0.6) is 0 Å². The minimum Gasteiger partial charge on any atom is -0.215 e. The summed E-state index contributed by atoms with van der Waals surface area (Å²) in [5.74, 6) is 0.0129. The van der Waals surface area contributed by atoms with Gasteiger partial charge in [0.25, 0.3) is 0 Å². The Balaban J connectivity index is 1.84. The van der Waals surface area contributed by atoms with Crippen molar-refractivity contribution >= 4 is 33.0 Å². The molecule has 2 rings (SSSR count). The van der Waals surface area contributed by atoms with Gasteiger partial charge in [0.2, 0.25) is 10.0 Å². The molecule has 6 heteroatoms. The Morgan fingerprint density at radius 2 is 1.84 bits per heavy atom. The smallest absolute Gasteiger partial charge is 0.215 e. The fourth-order valence-corrected chi connectivity index (χ4v) is 3.89. The summed E-state index contributed by atoms with van der Waals surface area (Å²) in [6.45, 7) is 0.395. The van der Waals surface area contributed by atoms with Gasteiger partial charge in [-0.25, -0.2) is 13.1 Å². The molecule has 19 heavy (non-hydrogen) atoms. The highest BCUT2D eigenvalue weighted by molar-refractivity contribution is 7.88. The number of hydrogen-bond donors (Lipinski definition) is 1. The molecule has 102 valence electrons. The number of sulfonamides is 1. The molecule has 1 aromatic heterocycles. The van der Waals surface area contributed by atoms with Crippen LogP contribution < -0.4 is 4.72 Å². The van der Waals surface area contributed by atoms with Crippen LogP contribution in [0.25, 0.3) is 0 Å². The molecule has 3 nitrogen and oxygen atoms in total. The van der Waals surface area contributed by atoms with Crippen LogP contribution in [0.3, 0.4) is 0 Å². The van der Waals surface area contributed by atoms with Crippen LogP contribution in [0.4, 0.5) is 0 Å². The molecule has 1 aromatic carbocycles. The summed E-state index contributed by atoms with van der Waals surface area (Å²) in [6, 6.07) is 12.9. The fourth-order valence-electron chi connectivity index (χ4n) is 1.66. The lowest BCUT2D eigenvalue weighted by molar-refractivity contribution is 0.581. The third-order valence-electron chi connectivity index (χ3n) is 2.52. The maximum absolute atomic E-state index is 11.9. The molecule has 0 aliphatic rings. The number of halogens is 1. The molecule has 1 N–H and O–H groups in total. The quantitative estimate of drug-likeness (QED) is 0.890. The fraction of sp³-hybridized carbons (Fsp3) is 0.231. The standard InChI is InChI=1S/C13H14ClNO2S2/c14-13-7-6-12(18-13)8-9-15-19(16,17)10-11-4-2-1-3-5-11/h1-7,15H,8-10H2. The molecule has 0 saturated carbocycles. The molecular weight excluding hydrogens is 302 g/mol. The Labute approximate surface area is 122 Å². The van der Waals surface area contributed by atoms with Gasteiger partial charge in [-0.3, -0.25) is 0 Å². The van der Waals surface area contributed by atoms with Crippen molar-refractivity contribution in [2.24, 2.45) is 0 Å². The summed E-state index contributed by atoms with van der Waals surface area (Å²) in [7, 11) is -3.28. The monoisotopic (exact) mass is 315 g/mol. The normalized spacial score (nSPS) is 11.6. The van der Waals surface area contributed by atoms with E-state index in [1.54, 1.807) is 12.1 Å². The van der Waals surface area contributed by atoms with Crippen LogP contribution in [0, 0.1) is 0 Å². The zero-order valence-electron chi connectivity index (χ0n) is 10.2. The van der Waals surface area contributed by atoms with Crippen LogP contribution in [-0.2, 0) is 22.2 Å². The highest BCUT2D eigenvalue weighted by atomic mass is 35.5. The summed E-state index contributed by atoms with van der Waals surface area (Å²) in [5.41, 5.74) is 0.786. The number of thiophene rings is 1. The molecule has 0 radical (unpaired) electrons. The second-order valence-corrected chi connectivity index (χ2v) is 7.70. The predicted molar refractivity (Wildman–Crippen MR) is 80.1 cm³/mol. The number of benzene rings is 1. The van der Waals surface area contributed by atoms with Gasteiger partial charge in [-0.2, -0.15) is 0 Å². The third-order valence-corrected chi connectivity index (χ3v) is 5.17. The number of rotatable bonds is 6. The van der Waals surface area contributed by atoms with Crippen LogP contribution in [0.2, 0.25) is 4.34 Å². The Hall–Kier alpha value is -0.880. The van der Waals surface area contributed by atoms with E-state index in [2.05, 4.69) is 4.72 Å². The summed E-state index contributed by atoms with van der Waals surface area (Å²) in [4.78, 5) is 1.08. The SMILES string of the molecule is O=S(=O)(Cc1ccccc1)NCCc1ccc(Cl)s1. The summed E-state index contributed by atoms with van der Waals surface area (Å²) in [6.07, 6.45) is 0.658. The van der Waals surface area contributed by atoms with E-state index < -0.39 is 10.0 Å². The van der Waals surface area contributed by atoms with Gasteiger partial charge in [0.1, 0.15) is 0 Å². The van der Waals surface area contributed by atoms with Crippen molar-refractivity contribution in [2.75, 3.05) is 6.54 Å². The Morgan fingerprint density at radius 1 is 1.11 bits per heavy atom. The topological polar surface area (TPSA) is 46.2 Å². The molecule has 0 atom stereocenters. The lowest BCUT2D eigenvalue weighted by Crippen LogP contribution is -2.27. The Kier molecular flexibility index (Phi) is 4.99. The molecule has 1 heterocycles. The van der Waals surface area contributed by atoms with Crippen molar-refractivity contribution in [1.82, 2.24) is 4.72 Å². The van der Waals surface area contributed by atoms with Crippen molar-refractivity contribution in [1.29, 1.82) is 0 Å². The molecule has 0 spiro atoms. The van der Waals surface area contributed by atoms with Crippen LogP contribution in [-0.4, -0.2) is 15.0 Å². The molecule has 0 aliphatic carbocycles. The van der Waals surface area contributed by atoms with Crippen molar-refractivity contribution < 1.29 is 8.42 Å². The first-order valence-corrected chi connectivity index (χ1v) is 8.65. The van der Waals surface area contributed by atoms with Gasteiger partial charge in [0.15, 0.2) is 0 Å². The van der Waals surface area contributed by atoms with Gasteiger partial charge in [-0.1, -0.05) is 41.9 Å². The molecule has 0 saturated heterocycles. The summed E-state index contributed by atoms with van der Waals surface area (Å²) >= 11 is 7.29. The van der Waals surface area contributed by atoms with Crippen molar-refractivity contribution in [2.45, 2.75) is 12.2 Å². The van der Waals surface area contributed by atoms with Crippen LogP contribution in [0.1, 0.15) is 10.4 Å². The van der Waals surface area contributed by atoms with Crippen molar-refractivity contribution in [3.8, 4) is 0 Å². The highest BCUT2D eigenvalue weighted by Crippen LogP contribution is 2.21. The molecular formula is C13H14ClNO2S2. The van der Waals surface area contributed by atoms with Crippen molar-refractivity contribution in [3.63, 3.8) is 0 Å². The largest absolute Gasteiger partial charge is 0.215 e. The zero-order valence-corrected chi connectivity index (χ0v) is 12.6. The summed E-state index contributed by atoms with van der Waals surface area (Å²) < 4.78 is 27.0. The highest BCUT2D eigenvalue weighted by Gasteiger charge is 2.10. The average Bonchev–Trinajstić information content (AvgIpc) is 2.75. The molecule has 0 amide bonds. The molecule has 0 unspecified atom stereocenters. The third kappa shape index (κ3) is 4.95. The van der Waals surface area contributed by atoms with Gasteiger partial charge in [0.05, 0.1) is 10.1 Å². The summed E-state index contributed by atoms with van der Waals surface area (Å²) in [5, 5.41) is 0. The molecule has 0 aliphatic heterocycles. The van der Waals surface area contributed by atoms with E-state index in [0.29, 0.717) is 13.0 Å². The first-order valence-electron chi connectivity index (χ1n) is 5.81. The molecule has 0 bridgehead atoms. The van der Waals surface area contributed by atoms with E-state index in [9.17, 15) is 8.42 Å². The second kappa shape index (κ2) is 6.52. The second-order valence-electron chi connectivity index (χ2n) is 4.09. The van der Waals surface area contributed by atoms with Crippen LogP contribution >= 0.6 is 22.9 Å². The maximum atomic E-state index is 11.9. The van der Waals surface area contributed by atoms with E-state index in [4.69, 9.17) is 11.6 Å². The van der Waals surface area contributed by atoms with Gasteiger partial charge < -0.3 is 0 Å². The average molecular weight is 316 g/mol. The van der Waals surface area contributed by atoms with Crippen LogP contribution in [0.15, 0.2) is 42.5 Å². The van der Waals surface area contributed by atoms with Gasteiger partial charge in [0, 0.05) is 11.4 Å². The maximum Gasteiger partial charge on any atom is 0.215 e. The van der Waals surface area contributed by atoms with E-state index in [1.807, 2.05) is 30.3 Å². The number of hydrogen-bond acceptors (Lipinski definition) is 3. The zero-order chi connectivity index (χ0) is 13.7. The van der Waals surface area contributed by atoms with Gasteiger partial charge >= 0.3 is 0 Å². The minimum absolute atomic E-state index is 0.0129. The molecule has 0 fully saturated rings. The number of nitrogens with one attached hydrogen (secondary N) is 1. The van der Waals surface area contributed by atoms with E-state index >= 15 is 0 Å². The Morgan fingerprint density at radius 3 is 2.47 bits per heavy atom. The first kappa shape index (κ1) is 14.5. The molecule has 2 aromatic rings.